The summed E-state index contributed by atoms with van der Waals surface area (Å²) in [6.07, 6.45) is 1.32. The normalized spacial score (nSPS) is 10.7. The van der Waals surface area contributed by atoms with E-state index >= 15 is 0 Å². The van der Waals surface area contributed by atoms with Gasteiger partial charge in [0, 0.05) is 11.8 Å². The SMILES string of the molecule is COc1ccc(NC(=O)/C(C#N)=C/c2cccc(F)c2)cc1OC. The standard InChI is InChI=1S/C18H15FN2O3/c1-23-16-7-6-15(10-17(16)24-2)21-18(22)13(11-20)8-12-4-3-5-14(19)9-12/h3-10H,1-2H3,(H,21,22)/b13-8+. The lowest BCUT2D eigenvalue weighted by Gasteiger charge is -2.10. The molecule has 2 aromatic carbocycles. The van der Waals surface area contributed by atoms with Gasteiger partial charge >= 0.3 is 0 Å². The number of nitriles is 1. The van der Waals surface area contributed by atoms with Crippen molar-refractivity contribution >= 4 is 17.7 Å². The van der Waals surface area contributed by atoms with E-state index in [0.717, 1.165) is 0 Å². The van der Waals surface area contributed by atoms with Gasteiger partial charge in [-0.15, -0.1) is 0 Å². The molecule has 0 aromatic heterocycles. The number of nitrogens with one attached hydrogen (secondary N) is 1. The van der Waals surface area contributed by atoms with Gasteiger partial charge in [-0.05, 0) is 35.9 Å². The van der Waals surface area contributed by atoms with E-state index in [4.69, 9.17) is 9.47 Å². The Hall–Kier alpha value is -3.33. The van der Waals surface area contributed by atoms with Crippen LogP contribution in [0.25, 0.3) is 6.08 Å². The summed E-state index contributed by atoms with van der Waals surface area (Å²) in [6.45, 7) is 0. The number of rotatable bonds is 5. The first kappa shape index (κ1) is 17.0. The molecule has 5 nitrogen and oxygen atoms in total. The minimum atomic E-state index is -0.603. The highest BCUT2D eigenvalue weighted by molar-refractivity contribution is 6.09. The molecular formula is C18H15FN2O3. The minimum Gasteiger partial charge on any atom is -0.493 e. The van der Waals surface area contributed by atoms with Crippen molar-refractivity contribution in [3.63, 3.8) is 0 Å². The van der Waals surface area contributed by atoms with Crippen LogP contribution in [-0.4, -0.2) is 20.1 Å². The fourth-order valence-electron chi connectivity index (χ4n) is 2.02. The molecule has 2 aromatic rings. The van der Waals surface area contributed by atoms with E-state index < -0.39 is 11.7 Å². The zero-order chi connectivity index (χ0) is 17.5. The summed E-state index contributed by atoms with van der Waals surface area (Å²) in [5.41, 5.74) is 0.724. The minimum absolute atomic E-state index is 0.143. The van der Waals surface area contributed by atoms with Crippen LogP contribution in [0.3, 0.4) is 0 Å². The van der Waals surface area contributed by atoms with E-state index in [1.807, 2.05) is 6.07 Å². The van der Waals surface area contributed by atoms with Crippen LogP contribution in [0.1, 0.15) is 5.56 Å². The first-order valence-corrected chi connectivity index (χ1v) is 6.98. The summed E-state index contributed by atoms with van der Waals surface area (Å²) < 4.78 is 23.5. The third-order valence-electron chi connectivity index (χ3n) is 3.17. The Morgan fingerprint density at radius 1 is 1.17 bits per heavy atom. The quantitative estimate of drug-likeness (QED) is 0.675. The van der Waals surface area contributed by atoms with Gasteiger partial charge in [-0.3, -0.25) is 4.79 Å². The average Bonchev–Trinajstić information content (AvgIpc) is 2.59. The Morgan fingerprint density at radius 3 is 2.54 bits per heavy atom. The van der Waals surface area contributed by atoms with Crippen LogP contribution in [0, 0.1) is 17.1 Å². The maximum absolute atomic E-state index is 13.2. The average molecular weight is 326 g/mol. The molecule has 0 aliphatic rings. The Bertz CT molecular complexity index is 825. The van der Waals surface area contributed by atoms with Gasteiger partial charge in [0.25, 0.3) is 5.91 Å². The van der Waals surface area contributed by atoms with E-state index in [-0.39, 0.29) is 5.57 Å². The molecule has 1 amide bonds. The molecule has 1 N–H and O–H groups in total. The monoisotopic (exact) mass is 326 g/mol. The number of hydrogen-bond donors (Lipinski definition) is 1. The van der Waals surface area contributed by atoms with Crippen molar-refractivity contribution in [1.82, 2.24) is 0 Å². The topological polar surface area (TPSA) is 71.3 Å². The summed E-state index contributed by atoms with van der Waals surface area (Å²) >= 11 is 0. The van der Waals surface area contributed by atoms with Crippen LogP contribution in [0.15, 0.2) is 48.0 Å². The first-order chi connectivity index (χ1) is 11.6. The molecule has 0 spiro atoms. The molecule has 0 heterocycles. The molecule has 0 aliphatic carbocycles. The number of halogens is 1. The number of ether oxygens (including phenoxy) is 2. The largest absolute Gasteiger partial charge is 0.493 e. The summed E-state index contributed by atoms with van der Waals surface area (Å²) in [6, 6.07) is 12.3. The molecule has 2 rings (SSSR count). The fourth-order valence-corrected chi connectivity index (χ4v) is 2.02. The second-order valence-electron chi connectivity index (χ2n) is 4.75. The van der Waals surface area contributed by atoms with Crippen molar-refractivity contribution in [2.24, 2.45) is 0 Å². The van der Waals surface area contributed by atoms with Gasteiger partial charge in [-0.25, -0.2) is 4.39 Å². The van der Waals surface area contributed by atoms with Crippen LogP contribution in [0.5, 0.6) is 11.5 Å². The number of benzene rings is 2. The van der Waals surface area contributed by atoms with Gasteiger partial charge in [0.15, 0.2) is 11.5 Å². The van der Waals surface area contributed by atoms with Crippen molar-refractivity contribution in [3.05, 3.63) is 59.4 Å². The van der Waals surface area contributed by atoms with Crippen molar-refractivity contribution in [1.29, 1.82) is 5.26 Å². The summed E-state index contributed by atoms with van der Waals surface area (Å²) in [7, 11) is 2.99. The maximum atomic E-state index is 13.2. The van der Waals surface area contributed by atoms with E-state index in [1.54, 1.807) is 24.3 Å². The first-order valence-electron chi connectivity index (χ1n) is 6.98. The maximum Gasteiger partial charge on any atom is 0.266 e. The zero-order valence-electron chi connectivity index (χ0n) is 13.2. The molecule has 0 aliphatic heterocycles. The summed E-state index contributed by atoms with van der Waals surface area (Å²) in [4.78, 5) is 12.2. The summed E-state index contributed by atoms with van der Waals surface area (Å²) in [5, 5.41) is 11.8. The van der Waals surface area contributed by atoms with Gasteiger partial charge in [0.2, 0.25) is 0 Å². The molecule has 0 atom stereocenters. The van der Waals surface area contributed by atoms with Gasteiger partial charge in [-0.1, -0.05) is 12.1 Å². The number of anilines is 1. The second kappa shape index (κ2) is 7.79. The Kier molecular flexibility index (Phi) is 5.53. The smallest absolute Gasteiger partial charge is 0.266 e. The van der Waals surface area contributed by atoms with Crippen molar-refractivity contribution < 1.29 is 18.7 Å². The molecular weight excluding hydrogens is 311 g/mol. The van der Waals surface area contributed by atoms with Crippen LogP contribution >= 0.6 is 0 Å². The van der Waals surface area contributed by atoms with Crippen LogP contribution in [-0.2, 0) is 4.79 Å². The molecule has 24 heavy (non-hydrogen) atoms. The zero-order valence-corrected chi connectivity index (χ0v) is 13.2. The van der Waals surface area contributed by atoms with Gasteiger partial charge < -0.3 is 14.8 Å². The molecule has 6 heteroatoms. The second-order valence-corrected chi connectivity index (χ2v) is 4.75. The third kappa shape index (κ3) is 4.11. The Balaban J connectivity index is 2.23. The molecule has 0 unspecified atom stereocenters. The molecule has 0 bridgehead atoms. The fraction of sp³-hybridized carbons (Fsp3) is 0.111. The number of methoxy groups -OCH3 is 2. The van der Waals surface area contributed by atoms with Gasteiger partial charge in [-0.2, -0.15) is 5.26 Å². The highest BCUT2D eigenvalue weighted by Gasteiger charge is 2.12. The Labute approximate surface area is 138 Å². The lowest BCUT2D eigenvalue weighted by Crippen LogP contribution is -2.13. The highest BCUT2D eigenvalue weighted by Crippen LogP contribution is 2.29. The van der Waals surface area contributed by atoms with Crippen molar-refractivity contribution in [2.75, 3.05) is 19.5 Å². The van der Waals surface area contributed by atoms with E-state index in [1.165, 1.54) is 38.5 Å². The van der Waals surface area contributed by atoms with E-state index in [2.05, 4.69) is 5.32 Å². The number of carbonyl (C=O) groups is 1. The van der Waals surface area contributed by atoms with Crippen LogP contribution < -0.4 is 14.8 Å². The lowest BCUT2D eigenvalue weighted by molar-refractivity contribution is -0.112. The van der Waals surface area contributed by atoms with Crippen molar-refractivity contribution in [2.45, 2.75) is 0 Å². The number of nitrogens with zero attached hydrogens (tertiary/aromatic N) is 1. The third-order valence-corrected chi connectivity index (χ3v) is 3.17. The van der Waals surface area contributed by atoms with E-state index in [9.17, 15) is 14.4 Å². The molecule has 0 saturated carbocycles. The molecule has 0 fully saturated rings. The number of hydrogen-bond acceptors (Lipinski definition) is 4. The van der Waals surface area contributed by atoms with E-state index in [0.29, 0.717) is 22.7 Å². The summed E-state index contributed by atoms with van der Waals surface area (Å²) in [5.74, 6) is -0.0791. The van der Waals surface area contributed by atoms with Crippen LogP contribution in [0.2, 0.25) is 0 Å². The highest BCUT2D eigenvalue weighted by atomic mass is 19.1. The molecule has 122 valence electrons. The number of amides is 1. The molecule has 0 saturated heterocycles. The predicted octanol–water partition coefficient (Wildman–Crippen LogP) is 3.39. The van der Waals surface area contributed by atoms with Crippen LogP contribution in [0.4, 0.5) is 10.1 Å². The van der Waals surface area contributed by atoms with Gasteiger partial charge in [0.05, 0.1) is 14.2 Å². The van der Waals surface area contributed by atoms with Crippen molar-refractivity contribution in [3.8, 4) is 17.6 Å². The Morgan fingerprint density at radius 2 is 1.92 bits per heavy atom. The lowest BCUT2D eigenvalue weighted by atomic mass is 10.1. The molecule has 0 radical (unpaired) electrons. The predicted molar refractivity (Wildman–Crippen MR) is 88.2 cm³/mol. The number of carbonyl (C=O) groups excluding carboxylic acids is 1. The van der Waals surface area contributed by atoms with Gasteiger partial charge in [0.1, 0.15) is 17.5 Å².